The fourth-order valence-corrected chi connectivity index (χ4v) is 2.27. The molecular weight excluding hydrogens is 249 g/mol. The van der Waals surface area contributed by atoms with Crippen molar-refractivity contribution in [2.45, 2.75) is 6.92 Å². The van der Waals surface area contributed by atoms with E-state index in [0.29, 0.717) is 5.15 Å². The van der Waals surface area contributed by atoms with Gasteiger partial charge in [0, 0.05) is 16.1 Å². The van der Waals surface area contributed by atoms with Crippen molar-refractivity contribution in [3.05, 3.63) is 39.6 Å². The first-order valence-corrected chi connectivity index (χ1v) is 5.06. The number of rotatable bonds is 0. The molecule has 0 amide bonds. The van der Waals surface area contributed by atoms with E-state index in [1.807, 2.05) is 12.1 Å². The number of pyridine rings is 1. The van der Waals surface area contributed by atoms with E-state index in [-0.39, 0.29) is 0 Å². The Balaban J connectivity index is 3.00. The van der Waals surface area contributed by atoms with Crippen molar-refractivity contribution in [3.8, 4) is 0 Å². The van der Waals surface area contributed by atoms with Gasteiger partial charge in [-0.15, -0.1) is 0 Å². The van der Waals surface area contributed by atoms with Crippen LogP contribution in [0.1, 0.15) is 5.56 Å². The van der Waals surface area contributed by atoms with E-state index in [0.717, 1.165) is 15.2 Å². The summed E-state index contributed by atoms with van der Waals surface area (Å²) in [5.41, 5.74) is 1.21. The first kappa shape index (κ1) is 8.97. The Morgan fingerprint density at radius 2 is 2.08 bits per heavy atom. The fourth-order valence-electron chi connectivity index (χ4n) is 1.36. The van der Waals surface area contributed by atoms with E-state index >= 15 is 0 Å². The van der Waals surface area contributed by atoms with Crippen LogP contribution in [-0.4, -0.2) is 4.98 Å². The molecule has 0 aliphatic heterocycles. The molecule has 0 bridgehead atoms. The molecule has 3 heteroatoms. The van der Waals surface area contributed by atoms with Gasteiger partial charge in [-0.2, -0.15) is 0 Å². The molecule has 0 aliphatic rings. The zero-order chi connectivity index (χ0) is 9.42. The van der Waals surface area contributed by atoms with E-state index in [4.69, 9.17) is 11.6 Å². The van der Waals surface area contributed by atoms with E-state index in [1.165, 1.54) is 5.56 Å². The van der Waals surface area contributed by atoms with Gasteiger partial charge in [0.15, 0.2) is 0 Å². The molecule has 0 spiro atoms. The zero-order valence-electron chi connectivity index (χ0n) is 7.01. The van der Waals surface area contributed by atoms with Crippen LogP contribution in [0.15, 0.2) is 28.9 Å². The van der Waals surface area contributed by atoms with Crippen molar-refractivity contribution in [2.75, 3.05) is 0 Å². The van der Waals surface area contributed by atoms with Crippen molar-refractivity contribution in [2.24, 2.45) is 0 Å². The average Bonchev–Trinajstić information content (AvgIpc) is 2.12. The first-order valence-electron chi connectivity index (χ1n) is 3.89. The van der Waals surface area contributed by atoms with Crippen molar-refractivity contribution in [1.82, 2.24) is 4.98 Å². The van der Waals surface area contributed by atoms with E-state index in [2.05, 4.69) is 33.9 Å². The van der Waals surface area contributed by atoms with Crippen LogP contribution >= 0.6 is 27.5 Å². The Morgan fingerprint density at radius 1 is 1.31 bits per heavy atom. The Labute approximate surface area is 89.9 Å². The van der Waals surface area contributed by atoms with Gasteiger partial charge in [-0.25, -0.2) is 4.98 Å². The molecule has 0 unspecified atom stereocenters. The summed E-state index contributed by atoms with van der Waals surface area (Å²) in [7, 11) is 0. The summed E-state index contributed by atoms with van der Waals surface area (Å²) in [6.07, 6.45) is 1.73. The number of aryl methyl sites for hydroxylation is 1. The first-order chi connectivity index (χ1) is 6.20. The number of fused-ring (bicyclic) bond motifs is 1. The highest BCUT2D eigenvalue weighted by Gasteiger charge is 2.05. The molecule has 2 aromatic rings. The van der Waals surface area contributed by atoms with Gasteiger partial charge in [0.2, 0.25) is 0 Å². The molecule has 13 heavy (non-hydrogen) atoms. The van der Waals surface area contributed by atoms with Gasteiger partial charge in [0.05, 0.1) is 0 Å². The lowest BCUT2D eigenvalue weighted by atomic mass is 10.1. The van der Waals surface area contributed by atoms with Crippen LogP contribution < -0.4 is 0 Å². The summed E-state index contributed by atoms with van der Waals surface area (Å²) in [4.78, 5) is 4.04. The second kappa shape index (κ2) is 3.28. The largest absolute Gasteiger partial charge is 0.244 e. The maximum Gasteiger partial charge on any atom is 0.137 e. The molecule has 1 heterocycles. The van der Waals surface area contributed by atoms with Gasteiger partial charge in [-0.05, 0) is 30.0 Å². The van der Waals surface area contributed by atoms with Crippen molar-refractivity contribution < 1.29 is 0 Å². The second-order valence-corrected chi connectivity index (χ2v) is 4.10. The van der Waals surface area contributed by atoms with E-state index < -0.39 is 0 Å². The van der Waals surface area contributed by atoms with Crippen LogP contribution in [0, 0.1) is 6.92 Å². The van der Waals surface area contributed by atoms with Crippen LogP contribution in [0.2, 0.25) is 5.15 Å². The lowest BCUT2D eigenvalue weighted by molar-refractivity contribution is 1.35. The summed E-state index contributed by atoms with van der Waals surface area (Å²) in [6.45, 7) is 2.06. The van der Waals surface area contributed by atoms with Gasteiger partial charge < -0.3 is 0 Å². The molecule has 1 aromatic carbocycles. The minimum atomic E-state index is 0.549. The molecule has 0 atom stereocenters. The lowest BCUT2D eigenvalue weighted by Crippen LogP contribution is -1.83. The number of benzene rings is 1. The summed E-state index contributed by atoms with van der Waals surface area (Å²) in [5.74, 6) is 0. The molecular formula is C10H7BrClN. The molecule has 0 saturated heterocycles. The molecule has 66 valence electrons. The highest BCUT2D eigenvalue weighted by molar-refractivity contribution is 9.10. The van der Waals surface area contributed by atoms with E-state index in [1.54, 1.807) is 6.20 Å². The smallest absolute Gasteiger partial charge is 0.137 e. The number of hydrogen-bond acceptors (Lipinski definition) is 1. The second-order valence-electron chi connectivity index (χ2n) is 2.89. The topological polar surface area (TPSA) is 12.9 Å². The number of hydrogen-bond donors (Lipinski definition) is 0. The van der Waals surface area contributed by atoms with E-state index in [9.17, 15) is 0 Å². The summed E-state index contributed by atoms with van der Waals surface area (Å²) in [6, 6.07) is 6.02. The SMILES string of the molecule is Cc1ccc(Br)c2c(Cl)nccc12. The van der Waals surface area contributed by atoms with Gasteiger partial charge in [0.25, 0.3) is 0 Å². The molecule has 0 radical (unpaired) electrons. The van der Waals surface area contributed by atoms with Crippen molar-refractivity contribution >= 4 is 38.3 Å². The third-order valence-electron chi connectivity index (χ3n) is 2.05. The van der Waals surface area contributed by atoms with Crippen LogP contribution in [0.25, 0.3) is 10.8 Å². The molecule has 0 fully saturated rings. The van der Waals surface area contributed by atoms with Gasteiger partial charge in [-0.3, -0.25) is 0 Å². The van der Waals surface area contributed by atoms with Gasteiger partial charge in [-0.1, -0.05) is 33.6 Å². The van der Waals surface area contributed by atoms with Crippen LogP contribution in [0.5, 0.6) is 0 Å². The Bertz CT molecular complexity index is 459. The highest BCUT2D eigenvalue weighted by Crippen LogP contribution is 2.30. The van der Waals surface area contributed by atoms with Crippen LogP contribution in [-0.2, 0) is 0 Å². The monoisotopic (exact) mass is 255 g/mol. The molecule has 2 rings (SSSR count). The zero-order valence-corrected chi connectivity index (χ0v) is 9.35. The quantitative estimate of drug-likeness (QED) is 0.650. The standard InChI is InChI=1S/C10H7BrClN/c1-6-2-3-8(11)9-7(6)4-5-13-10(9)12/h2-5H,1H3. The fraction of sp³-hybridized carbons (Fsp3) is 0.100. The summed E-state index contributed by atoms with van der Waals surface area (Å²) >= 11 is 9.45. The molecule has 0 aliphatic carbocycles. The van der Waals surface area contributed by atoms with Gasteiger partial charge >= 0.3 is 0 Å². The van der Waals surface area contributed by atoms with Crippen molar-refractivity contribution in [1.29, 1.82) is 0 Å². The minimum absolute atomic E-state index is 0.549. The van der Waals surface area contributed by atoms with Crippen LogP contribution in [0.4, 0.5) is 0 Å². The Hall–Kier alpha value is -0.600. The maximum atomic E-state index is 5.99. The van der Waals surface area contributed by atoms with Gasteiger partial charge in [0.1, 0.15) is 5.15 Å². The summed E-state index contributed by atoms with van der Waals surface area (Å²) in [5, 5.41) is 2.69. The number of nitrogens with zero attached hydrogens (tertiary/aromatic N) is 1. The molecule has 1 aromatic heterocycles. The third-order valence-corrected chi connectivity index (χ3v) is 3.00. The lowest BCUT2D eigenvalue weighted by Gasteiger charge is -2.04. The van der Waals surface area contributed by atoms with Crippen LogP contribution in [0.3, 0.4) is 0 Å². The highest BCUT2D eigenvalue weighted by atomic mass is 79.9. The third kappa shape index (κ3) is 1.45. The number of aromatic nitrogens is 1. The molecule has 1 nitrogen and oxygen atoms in total. The predicted molar refractivity (Wildman–Crippen MR) is 59.2 cm³/mol. The minimum Gasteiger partial charge on any atom is -0.244 e. The maximum absolute atomic E-state index is 5.99. The Kier molecular flexibility index (Phi) is 2.26. The Morgan fingerprint density at radius 3 is 2.77 bits per heavy atom. The van der Waals surface area contributed by atoms with Crippen molar-refractivity contribution in [3.63, 3.8) is 0 Å². The predicted octanol–water partition coefficient (Wildman–Crippen LogP) is 3.96. The number of halogens is 2. The summed E-state index contributed by atoms with van der Waals surface area (Å²) < 4.78 is 0.992. The molecule has 0 saturated carbocycles. The average molecular weight is 257 g/mol. The molecule has 0 N–H and O–H groups in total. The normalized spacial score (nSPS) is 10.7.